The SMILES string of the molecule is Cc1c(Cl)nc(C(C)C)nc1OCCCN(C)C. The van der Waals surface area contributed by atoms with Gasteiger partial charge in [0.1, 0.15) is 11.0 Å². The van der Waals surface area contributed by atoms with Crippen LogP contribution >= 0.6 is 11.6 Å². The molecule has 18 heavy (non-hydrogen) atoms. The molecule has 5 heteroatoms. The molecule has 4 nitrogen and oxygen atoms in total. The highest BCUT2D eigenvalue weighted by atomic mass is 35.5. The Hall–Kier alpha value is -0.870. The maximum absolute atomic E-state index is 6.09. The molecule has 1 rings (SSSR count). The first-order valence-electron chi connectivity index (χ1n) is 6.23. The van der Waals surface area contributed by atoms with Gasteiger partial charge in [0.25, 0.3) is 0 Å². The van der Waals surface area contributed by atoms with Crippen LogP contribution in [0.4, 0.5) is 0 Å². The molecular formula is C13H22ClN3O. The molecule has 0 amide bonds. The second kappa shape index (κ2) is 6.90. The first-order chi connectivity index (χ1) is 8.41. The highest BCUT2D eigenvalue weighted by Crippen LogP contribution is 2.24. The van der Waals surface area contributed by atoms with Crippen molar-refractivity contribution in [1.82, 2.24) is 14.9 Å². The summed E-state index contributed by atoms with van der Waals surface area (Å²) in [6.07, 6.45) is 0.963. The average molecular weight is 272 g/mol. The lowest BCUT2D eigenvalue weighted by Gasteiger charge is -2.13. The third-order valence-corrected chi connectivity index (χ3v) is 2.93. The Morgan fingerprint density at radius 1 is 1.28 bits per heavy atom. The molecule has 1 aromatic rings. The monoisotopic (exact) mass is 271 g/mol. The van der Waals surface area contributed by atoms with E-state index in [1.165, 1.54) is 0 Å². The smallest absolute Gasteiger partial charge is 0.221 e. The standard InChI is InChI=1S/C13H22ClN3O/c1-9(2)12-15-11(14)10(3)13(16-12)18-8-6-7-17(4)5/h9H,6-8H2,1-5H3. The normalized spacial score (nSPS) is 11.3. The number of halogens is 1. The maximum Gasteiger partial charge on any atom is 0.221 e. The van der Waals surface area contributed by atoms with Gasteiger partial charge < -0.3 is 9.64 Å². The van der Waals surface area contributed by atoms with Gasteiger partial charge >= 0.3 is 0 Å². The average Bonchev–Trinajstić information content (AvgIpc) is 2.28. The molecule has 0 bridgehead atoms. The number of nitrogens with zero attached hydrogens (tertiary/aromatic N) is 3. The van der Waals surface area contributed by atoms with Crippen LogP contribution in [0.5, 0.6) is 5.88 Å². The lowest BCUT2D eigenvalue weighted by molar-refractivity contribution is 0.270. The molecule has 0 unspecified atom stereocenters. The molecular weight excluding hydrogens is 250 g/mol. The molecule has 0 aliphatic carbocycles. The number of hydrogen-bond donors (Lipinski definition) is 0. The fourth-order valence-electron chi connectivity index (χ4n) is 1.43. The second-order valence-electron chi connectivity index (χ2n) is 4.96. The Kier molecular flexibility index (Phi) is 5.82. The van der Waals surface area contributed by atoms with E-state index in [2.05, 4.69) is 14.9 Å². The molecule has 0 saturated heterocycles. The summed E-state index contributed by atoms with van der Waals surface area (Å²) in [5.74, 6) is 1.58. The van der Waals surface area contributed by atoms with E-state index in [4.69, 9.17) is 16.3 Å². The van der Waals surface area contributed by atoms with Crippen molar-refractivity contribution in [3.8, 4) is 5.88 Å². The van der Waals surface area contributed by atoms with Crippen LogP contribution < -0.4 is 4.74 Å². The van der Waals surface area contributed by atoms with E-state index in [1.54, 1.807) is 0 Å². The van der Waals surface area contributed by atoms with Gasteiger partial charge in [0.2, 0.25) is 5.88 Å². The molecule has 0 aliphatic heterocycles. The van der Waals surface area contributed by atoms with Gasteiger partial charge in [-0.2, -0.15) is 4.98 Å². The third kappa shape index (κ3) is 4.42. The summed E-state index contributed by atoms with van der Waals surface area (Å²) in [5.41, 5.74) is 0.811. The van der Waals surface area contributed by atoms with Crippen molar-refractivity contribution in [3.05, 3.63) is 16.5 Å². The van der Waals surface area contributed by atoms with E-state index < -0.39 is 0 Å². The number of aromatic nitrogens is 2. The van der Waals surface area contributed by atoms with Gasteiger partial charge in [0, 0.05) is 18.0 Å². The molecule has 0 spiro atoms. The van der Waals surface area contributed by atoms with Gasteiger partial charge in [-0.25, -0.2) is 4.98 Å². The molecule has 102 valence electrons. The molecule has 0 radical (unpaired) electrons. The summed E-state index contributed by atoms with van der Waals surface area (Å²) >= 11 is 6.09. The zero-order valence-corrected chi connectivity index (χ0v) is 12.6. The minimum Gasteiger partial charge on any atom is -0.477 e. The Labute approximate surface area is 114 Å². The van der Waals surface area contributed by atoms with Crippen molar-refractivity contribution in [1.29, 1.82) is 0 Å². The van der Waals surface area contributed by atoms with Gasteiger partial charge in [-0.05, 0) is 27.4 Å². The van der Waals surface area contributed by atoms with Crippen LogP contribution in [0.25, 0.3) is 0 Å². The van der Waals surface area contributed by atoms with E-state index in [-0.39, 0.29) is 5.92 Å². The summed E-state index contributed by atoms with van der Waals surface area (Å²) < 4.78 is 5.70. The summed E-state index contributed by atoms with van der Waals surface area (Å²) in [6, 6.07) is 0. The van der Waals surface area contributed by atoms with Crippen molar-refractivity contribution in [2.24, 2.45) is 0 Å². The van der Waals surface area contributed by atoms with E-state index in [0.29, 0.717) is 17.6 Å². The predicted molar refractivity (Wildman–Crippen MR) is 74.5 cm³/mol. The third-order valence-electron chi connectivity index (χ3n) is 2.56. The van der Waals surface area contributed by atoms with Crippen LogP contribution in [0.3, 0.4) is 0 Å². The van der Waals surface area contributed by atoms with Crippen LogP contribution in [0.1, 0.15) is 37.6 Å². The summed E-state index contributed by atoms with van der Waals surface area (Å²) in [6.45, 7) is 7.60. The fourth-order valence-corrected chi connectivity index (χ4v) is 1.60. The molecule has 0 atom stereocenters. The van der Waals surface area contributed by atoms with Gasteiger partial charge in [-0.1, -0.05) is 25.4 Å². The molecule has 0 fully saturated rings. The zero-order valence-electron chi connectivity index (χ0n) is 11.8. The molecule has 0 N–H and O–H groups in total. The minimum absolute atomic E-state index is 0.243. The topological polar surface area (TPSA) is 38.3 Å². The lowest BCUT2D eigenvalue weighted by atomic mass is 10.2. The van der Waals surface area contributed by atoms with E-state index in [1.807, 2.05) is 34.9 Å². The Morgan fingerprint density at radius 3 is 2.50 bits per heavy atom. The summed E-state index contributed by atoms with van der Waals surface area (Å²) in [5, 5.41) is 0.483. The first-order valence-corrected chi connectivity index (χ1v) is 6.61. The Morgan fingerprint density at radius 2 is 1.94 bits per heavy atom. The van der Waals surface area contributed by atoms with Crippen LogP contribution in [0.2, 0.25) is 5.15 Å². The van der Waals surface area contributed by atoms with Crippen molar-refractivity contribution < 1.29 is 4.74 Å². The summed E-state index contributed by atoms with van der Waals surface area (Å²) in [7, 11) is 4.09. The zero-order chi connectivity index (χ0) is 13.7. The summed E-state index contributed by atoms with van der Waals surface area (Å²) in [4.78, 5) is 10.8. The maximum atomic E-state index is 6.09. The molecule has 1 heterocycles. The van der Waals surface area contributed by atoms with Crippen molar-refractivity contribution in [3.63, 3.8) is 0 Å². The van der Waals surface area contributed by atoms with Crippen LogP contribution in [0, 0.1) is 6.92 Å². The van der Waals surface area contributed by atoms with E-state index in [0.717, 1.165) is 24.4 Å². The molecule has 0 saturated carbocycles. The van der Waals surface area contributed by atoms with Gasteiger partial charge in [-0.3, -0.25) is 0 Å². The van der Waals surface area contributed by atoms with E-state index in [9.17, 15) is 0 Å². The van der Waals surface area contributed by atoms with Crippen LogP contribution in [-0.4, -0.2) is 42.1 Å². The number of ether oxygens (including phenoxy) is 1. The number of rotatable bonds is 6. The molecule has 0 aromatic carbocycles. The predicted octanol–water partition coefficient (Wildman–Crippen LogP) is 2.89. The van der Waals surface area contributed by atoms with Crippen LogP contribution in [-0.2, 0) is 0 Å². The highest BCUT2D eigenvalue weighted by Gasteiger charge is 2.12. The van der Waals surface area contributed by atoms with Gasteiger partial charge in [-0.15, -0.1) is 0 Å². The van der Waals surface area contributed by atoms with E-state index >= 15 is 0 Å². The number of hydrogen-bond acceptors (Lipinski definition) is 4. The van der Waals surface area contributed by atoms with Crippen molar-refractivity contribution >= 4 is 11.6 Å². The van der Waals surface area contributed by atoms with Crippen molar-refractivity contribution in [2.75, 3.05) is 27.2 Å². The van der Waals surface area contributed by atoms with Crippen LogP contribution in [0.15, 0.2) is 0 Å². The van der Waals surface area contributed by atoms with Crippen molar-refractivity contribution in [2.45, 2.75) is 33.1 Å². The first kappa shape index (κ1) is 15.2. The van der Waals surface area contributed by atoms with Gasteiger partial charge in [0.05, 0.1) is 6.61 Å². The lowest BCUT2D eigenvalue weighted by Crippen LogP contribution is -2.16. The molecule has 0 aliphatic rings. The Balaban J connectivity index is 2.69. The quantitative estimate of drug-likeness (QED) is 0.589. The minimum atomic E-state index is 0.243. The molecule has 1 aromatic heterocycles. The van der Waals surface area contributed by atoms with Gasteiger partial charge in [0.15, 0.2) is 0 Å². The Bertz CT molecular complexity index is 394. The fraction of sp³-hybridized carbons (Fsp3) is 0.692. The largest absolute Gasteiger partial charge is 0.477 e. The second-order valence-corrected chi connectivity index (χ2v) is 5.32. The highest BCUT2D eigenvalue weighted by molar-refractivity contribution is 6.30.